The SMILES string of the molecule is CCN(CC)C(N)=NCc1cccc(-c2ncn[nH]2)c1.I. The van der Waals surface area contributed by atoms with E-state index in [4.69, 9.17) is 5.73 Å². The molecule has 0 radical (unpaired) electrons. The second-order valence-electron chi connectivity index (χ2n) is 4.38. The molecule has 0 amide bonds. The van der Waals surface area contributed by atoms with Gasteiger partial charge in [-0.05, 0) is 25.5 Å². The fourth-order valence-electron chi connectivity index (χ4n) is 1.98. The molecule has 2 rings (SSSR count). The lowest BCUT2D eigenvalue weighted by Gasteiger charge is -2.19. The highest BCUT2D eigenvalue weighted by Gasteiger charge is 2.04. The van der Waals surface area contributed by atoms with Crippen LogP contribution in [0.4, 0.5) is 0 Å². The van der Waals surface area contributed by atoms with Gasteiger partial charge in [0, 0.05) is 18.7 Å². The number of nitrogens with zero attached hydrogens (tertiary/aromatic N) is 4. The summed E-state index contributed by atoms with van der Waals surface area (Å²) in [6.07, 6.45) is 1.50. The third-order valence-corrected chi connectivity index (χ3v) is 3.13. The van der Waals surface area contributed by atoms with Crippen molar-refractivity contribution in [2.75, 3.05) is 13.1 Å². The number of aromatic amines is 1. The minimum absolute atomic E-state index is 0. The van der Waals surface area contributed by atoms with E-state index in [1.165, 1.54) is 6.33 Å². The van der Waals surface area contributed by atoms with Crippen molar-refractivity contribution in [3.63, 3.8) is 0 Å². The Morgan fingerprint density at radius 3 is 2.71 bits per heavy atom. The molecular formula is C14H21IN6. The first kappa shape index (κ1) is 17.4. The molecule has 0 bridgehead atoms. The van der Waals surface area contributed by atoms with Crippen LogP contribution in [0.1, 0.15) is 19.4 Å². The van der Waals surface area contributed by atoms with Crippen molar-refractivity contribution < 1.29 is 0 Å². The molecule has 2 aromatic rings. The number of nitrogens with one attached hydrogen (secondary N) is 1. The van der Waals surface area contributed by atoms with Crippen molar-refractivity contribution in [1.82, 2.24) is 20.1 Å². The summed E-state index contributed by atoms with van der Waals surface area (Å²) >= 11 is 0. The van der Waals surface area contributed by atoms with E-state index < -0.39 is 0 Å². The summed E-state index contributed by atoms with van der Waals surface area (Å²) in [4.78, 5) is 10.6. The van der Waals surface area contributed by atoms with Crippen molar-refractivity contribution in [1.29, 1.82) is 0 Å². The Balaban J connectivity index is 0.00000220. The Morgan fingerprint density at radius 1 is 1.33 bits per heavy atom. The Hall–Kier alpha value is -1.64. The molecule has 7 heteroatoms. The molecule has 0 aliphatic carbocycles. The molecule has 6 nitrogen and oxygen atoms in total. The van der Waals surface area contributed by atoms with E-state index in [1.807, 2.05) is 29.2 Å². The zero-order valence-electron chi connectivity index (χ0n) is 12.3. The molecule has 0 saturated heterocycles. The van der Waals surface area contributed by atoms with Crippen LogP contribution in [0.5, 0.6) is 0 Å². The third kappa shape index (κ3) is 4.69. The van der Waals surface area contributed by atoms with Crippen LogP contribution in [0.25, 0.3) is 11.4 Å². The molecule has 1 aromatic heterocycles. The Bertz CT molecular complexity index is 563. The van der Waals surface area contributed by atoms with Gasteiger partial charge in [-0.2, -0.15) is 5.10 Å². The van der Waals surface area contributed by atoms with Crippen molar-refractivity contribution in [3.05, 3.63) is 36.2 Å². The van der Waals surface area contributed by atoms with E-state index in [-0.39, 0.29) is 24.0 Å². The maximum Gasteiger partial charge on any atom is 0.191 e. The number of hydrogen-bond donors (Lipinski definition) is 2. The van der Waals surface area contributed by atoms with Gasteiger partial charge in [-0.25, -0.2) is 9.98 Å². The molecule has 0 saturated carbocycles. The first-order chi connectivity index (χ1) is 9.74. The predicted molar refractivity (Wildman–Crippen MR) is 95.5 cm³/mol. The largest absolute Gasteiger partial charge is 0.370 e. The van der Waals surface area contributed by atoms with Gasteiger partial charge in [0.05, 0.1) is 6.54 Å². The van der Waals surface area contributed by atoms with Crippen LogP contribution in [0.2, 0.25) is 0 Å². The molecule has 114 valence electrons. The van der Waals surface area contributed by atoms with E-state index in [0.717, 1.165) is 30.0 Å². The molecule has 0 spiro atoms. The summed E-state index contributed by atoms with van der Waals surface area (Å²) in [5.41, 5.74) is 8.06. The highest BCUT2D eigenvalue weighted by Crippen LogP contribution is 2.15. The molecular weight excluding hydrogens is 379 g/mol. The highest BCUT2D eigenvalue weighted by molar-refractivity contribution is 14.0. The molecule has 1 heterocycles. The van der Waals surface area contributed by atoms with Crippen LogP contribution in [-0.2, 0) is 6.54 Å². The maximum absolute atomic E-state index is 5.97. The number of halogens is 1. The average molecular weight is 400 g/mol. The number of rotatable bonds is 5. The first-order valence-electron chi connectivity index (χ1n) is 6.74. The quantitative estimate of drug-likeness (QED) is 0.458. The fourth-order valence-corrected chi connectivity index (χ4v) is 1.98. The standard InChI is InChI=1S/C14H20N6.HI/c1-3-20(4-2)14(15)16-9-11-6-5-7-12(8-11)13-17-10-18-19-13;/h5-8,10H,3-4,9H2,1-2H3,(H2,15,16)(H,17,18,19);1H. The second kappa shape index (κ2) is 8.60. The number of guanidine groups is 1. The number of nitrogens with two attached hydrogens (primary N) is 1. The van der Waals surface area contributed by atoms with E-state index in [9.17, 15) is 0 Å². The molecule has 21 heavy (non-hydrogen) atoms. The third-order valence-electron chi connectivity index (χ3n) is 3.13. The summed E-state index contributed by atoms with van der Waals surface area (Å²) < 4.78 is 0. The van der Waals surface area contributed by atoms with Crippen molar-refractivity contribution in [2.24, 2.45) is 10.7 Å². The highest BCUT2D eigenvalue weighted by atomic mass is 127. The first-order valence-corrected chi connectivity index (χ1v) is 6.74. The van der Waals surface area contributed by atoms with Crippen molar-refractivity contribution in [3.8, 4) is 11.4 Å². The van der Waals surface area contributed by atoms with Gasteiger partial charge >= 0.3 is 0 Å². The average Bonchev–Trinajstić information content (AvgIpc) is 3.01. The van der Waals surface area contributed by atoms with Crippen LogP contribution in [-0.4, -0.2) is 39.1 Å². The summed E-state index contributed by atoms with van der Waals surface area (Å²) in [6, 6.07) is 8.04. The van der Waals surface area contributed by atoms with Crippen LogP contribution < -0.4 is 5.73 Å². The zero-order chi connectivity index (χ0) is 14.4. The lowest BCUT2D eigenvalue weighted by Crippen LogP contribution is -2.37. The van der Waals surface area contributed by atoms with Crippen molar-refractivity contribution in [2.45, 2.75) is 20.4 Å². The second-order valence-corrected chi connectivity index (χ2v) is 4.38. The van der Waals surface area contributed by atoms with Gasteiger partial charge in [0.25, 0.3) is 0 Å². The summed E-state index contributed by atoms with van der Waals surface area (Å²) in [7, 11) is 0. The van der Waals surface area contributed by atoms with Crippen LogP contribution in [0.3, 0.4) is 0 Å². The van der Waals surface area contributed by atoms with E-state index in [1.54, 1.807) is 0 Å². The van der Waals surface area contributed by atoms with E-state index in [0.29, 0.717) is 12.5 Å². The van der Waals surface area contributed by atoms with Crippen LogP contribution in [0.15, 0.2) is 35.6 Å². The number of aliphatic imine (C=N–C) groups is 1. The van der Waals surface area contributed by atoms with Crippen molar-refractivity contribution >= 4 is 29.9 Å². The van der Waals surface area contributed by atoms with Crippen LogP contribution in [0, 0.1) is 0 Å². The maximum atomic E-state index is 5.97. The minimum Gasteiger partial charge on any atom is -0.370 e. The Morgan fingerprint density at radius 2 is 2.10 bits per heavy atom. The molecule has 0 unspecified atom stereocenters. The molecule has 0 fully saturated rings. The zero-order valence-corrected chi connectivity index (χ0v) is 14.6. The van der Waals surface area contributed by atoms with Gasteiger partial charge in [-0.1, -0.05) is 18.2 Å². The van der Waals surface area contributed by atoms with E-state index >= 15 is 0 Å². The monoisotopic (exact) mass is 400 g/mol. The van der Waals surface area contributed by atoms with Crippen LogP contribution >= 0.6 is 24.0 Å². The lowest BCUT2D eigenvalue weighted by molar-refractivity contribution is 0.458. The lowest BCUT2D eigenvalue weighted by atomic mass is 10.1. The van der Waals surface area contributed by atoms with Gasteiger partial charge in [0.1, 0.15) is 6.33 Å². The number of aromatic nitrogens is 3. The molecule has 0 atom stereocenters. The van der Waals surface area contributed by atoms with Gasteiger partial charge < -0.3 is 10.6 Å². The summed E-state index contributed by atoms with van der Waals surface area (Å²) in [5.74, 6) is 1.34. The molecule has 3 N–H and O–H groups in total. The number of H-pyrrole nitrogens is 1. The summed E-state index contributed by atoms with van der Waals surface area (Å²) in [5, 5.41) is 6.71. The topological polar surface area (TPSA) is 83.2 Å². The Labute approximate surface area is 141 Å². The normalized spacial score (nSPS) is 11.0. The number of hydrogen-bond acceptors (Lipinski definition) is 3. The van der Waals surface area contributed by atoms with E-state index in [2.05, 4.69) is 34.0 Å². The minimum atomic E-state index is 0. The van der Waals surface area contributed by atoms with Gasteiger partial charge in [0.15, 0.2) is 11.8 Å². The number of benzene rings is 1. The Kier molecular flexibility index (Phi) is 7.13. The smallest absolute Gasteiger partial charge is 0.191 e. The fraction of sp³-hybridized carbons (Fsp3) is 0.357. The van der Waals surface area contributed by atoms with Gasteiger partial charge in [-0.3, -0.25) is 5.10 Å². The summed E-state index contributed by atoms with van der Waals surface area (Å²) in [6.45, 7) is 6.42. The molecule has 1 aromatic carbocycles. The molecule has 0 aliphatic heterocycles. The predicted octanol–water partition coefficient (Wildman–Crippen LogP) is 2.25. The molecule has 0 aliphatic rings. The van der Waals surface area contributed by atoms with Gasteiger partial charge in [-0.15, -0.1) is 24.0 Å². The van der Waals surface area contributed by atoms with Gasteiger partial charge in [0.2, 0.25) is 0 Å².